The van der Waals surface area contributed by atoms with Crippen molar-refractivity contribution in [3.63, 3.8) is 0 Å². The van der Waals surface area contributed by atoms with E-state index in [4.69, 9.17) is 9.84 Å². The third-order valence-corrected chi connectivity index (χ3v) is 2.45. The molecule has 0 aliphatic rings. The summed E-state index contributed by atoms with van der Waals surface area (Å²) in [5.74, 6) is -1.66. The van der Waals surface area contributed by atoms with Crippen LogP contribution in [0.1, 0.15) is 25.8 Å². The van der Waals surface area contributed by atoms with Crippen molar-refractivity contribution in [1.82, 2.24) is 0 Å². The molecule has 0 fully saturated rings. The Morgan fingerprint density at radius 1 is 1.31 bits per heavy atom. The number of benzene rings is 1. The van der Waals surface area contributed by atoms with Gasteiger partial charge in [0.15, 0.2) is 17.4 Å². The van der Waals surface area contributed by atoms with Gasteiger partial charge in [-0.2, -0.15) is 0 Å². The SMILES string of the molecule is CCC(C)COc1c(F)cc(CO)cc1F. The Labute approximate surface area is 93.9 Å². The van der Waals surface area contributed by atoms with Gasteiger partial charge in [-0.15, -0.1) is 0 Å². The molecule has 0 saturated heterocycles. The third-order valence-electron chi connectivity index (χ3n) is 2.45. The molecule has 1 N–H and O–H groups in total. The summed E-state index contributed by atoms with van der Waals surface area (Å²) in [6, 6.07) is 2.16. The molecule has 0 spiro atoms. The molecular formula is C12H16F2O2. The molecule has 0 heterocycles. The first-order valence-electron chi connectivity index (χ1n) is 5.30. The van der Waals surface area contributed by atoms with E-state index in [1.165, 1.54) is 0 Å². The minimum atomic E-state index is -0.771. The van der Waals surface area contributed by atoms with E-state index >= 15 is 0 Å². The zero-order valence-corrected chi connectivity index (χ0v) is 9.46. The molecule has 0 aliphatic carbocycles. The van der Waals surface area contributed by atoms with Crippen molar-refractivity contribution in [2.24, 2.45) is 5.92 Å². The normalized spacial score (nSPS) is 12.6. The fourth-order valence-electron chi connectivity index (χ4n) is 1.18. The lowest BCUT2D eigenvalue weighted by molar-refractivity contribution is 0.233. The summed E-state index contributed by atoms with van der Waals surface area (Å²) in [5.41, 5.74) is 0.200. The monoisotopic (exact) mass is 230 g/mol. The lowest BCUT2D eigenvalue weighted by Gasteiger charge is -2.12. The fraction of sp³-hybridized carbons (Fsp3) is 0.500. The molecule has 2 nitrogen and oxygen atoms in total. The van der Waals surface area contributed by atoms with Gasteiger partial charge in [-0.1, -0.05) is 20.3 Å². The Balaban J connectivity index is 2.80. The summed E-state index contributed by atoms with van der Waals surface area (Å²) >= 11 is 0. The number of ether oxygens (including phenoxy) is 1. The van der Waals surface area contributed by atoms with E-state index in [-0.39, 0.29) is 30.4 Å². The average Bonchev–Trinajstić information content (AvgIpc) is 2.27. The van der Waals surface area contributed by atoms with E-state index in [1.54, 1.807) is 0 Å². The fourth-order valence-corrected chi connectivity index (χ4v) is 1.18. The number of halogens is 2. The van der Waals surface area contributed by atoms with Crippen LogP contribution >= 0.6 is 0 Å². The predicted octanol–water partition coefficient (Wildman–Crippen LogP) is 2.88. The van der Waals surface area contributed by atoms with E-state index in [0.717, 1.165) is 18.6 Å². The van der Waals surface area contributed by atoms with Crippen molar-refractivity contribution in [2.75, 3.05) is 6.61 Å². The van der Waals surface area contributed by atoms with Crippen molar-refractivity contribution in [3.8, 4) is 5.75 Å². The second kappa shape index (κ2) is 5.80. The van der Waals surface area contributed by atoms with Crippen LogP contribution in [0, 0.1) is 17.6 Å². The molecule has 0 aromatic heterocycles. The van der Waals surface area contributed by atoms with Crippen molar-refractivity contribution in [1.29, 1.82) is 0 Å². The van der Waals surface area contributed by atoms with Gasteiger partial charge in [0.05, 0.1) is 13.2 Å². The summed E-state index contributed by atoms with van der Waals surface area (Å²) in [4.78, 5) is 0. The first-order chi connectivity index (χ1) is 7.58. The molecule has 1 unspecified atom stereocenters. The lowest BCUT2D eigenvalue weighted by Crippen LogP contribution is -2.09. The highest BCUT2D eigenvalue weighted by molar-refractivity contribution is 5.31. The Kier molecular flexibility index (Phi) is 4.68. The van der Waals surface area contributed by atoms with Crippen LogP contribution in [0.25, 0.3) is 0 Å². The van der Waals surface area contributed by atoms with Gasteiger partial charge < -0.3 is 9.84 Å². The van der Waals surface area contributed by atoms with E-state index < -0.39 is 11.6 Å². The van der Waals surface area contributed by atoms with Crippen LogP contribution in [-0.4, -0.2) is 11.7 Å². The highest BCUT2D eigenvalue weighted by atomic mass is 19.1. The second-order valence-electron chi connectivity index (χ2n) is 3.87. The Bertz CT molecular complexity index is 330. The standard InChI is InChI=1S/C12H16F2O2/c1-3-8(2)7-16-12-10(13)4-9(6-15)5-11(12)14/h4-5,8,15H,3,6-7H2,1-2H3. The van der Waals surface area contributed by atoms with Gasteiger partial charge in [0.2, 0.25) is 0 Å². The molecule has 1 rings (SSSR count). The van der Waals surface area contributed by atoms with Crippen LogP contribution < -0.4 is 4.74 Å². The van der Waals surface area contributed by atoms with Crippen LogP contribution in [0.3, 0.4) is 0 Å². The number of aliphatic hydroxyl groups is 1. The van der Waals surface area contributed by atoms with Crippen molar-refractivity contribution in [2.45, 2.75) is 26.9 Å². The van der Waals surface area contributed by atoms with Gasteiger partial charge in [0.25, 0.3) is 0 Å². The number of hydrogen-bond donors (Lipinski definition) is 1. The maximum atomic E-state index is 13.4. The van der Waals surface area contributed by atoms with Gasteiger partial charge in [-0.3, -0.25) is 0 Å². The summed E-state index contributed by atoms with van der Waals surface area (Å²) in [6.07, 6.45) is 0.887. The molecule has 4 heteroatoms. The molecule has 90 valence electrons. The Morgan fingerprint density at radius 2 is 1.88 bits per heavy atom. The molecular weight excluding hydrogens is 214 g/mol. The minimum Gasteiger partial charge on any atom is -0.487 e. The first kappa shape index (κ1) is 12.9. The molecule has 1 aromatic rings. The van der Waals surface area contributed by atoms with Gasteiger partial charge in [0, 0.05) is 0 Å². The highest BCUT2D eigenvalue weighted by Gasteiger charge is 2.13. The van der Waals surface area contributed by atoms with Crippen LogP contribution in [-0.2, 0) is 6.61 Å². The maximum absolute atomic E-state index is 13.4. The molecule has 0 bridgehead atoms. The zero-order valence-electron chi connectivity index (χ0n) is 9.46. The first-order valence-corrected chi connectivity index (χ1v) is 5.30. The van der Waals surface area contributed by atoms with E-state index in [1.807, 2.05) is 13.8 Å². The molecule has 0 aliphatic heterocycles. The summed E-state index contributed by atoms with van der Waals surface area (Å²) in [7, 11) is 0. The van der Waals surface area contributed by atoms with Crippen LogP contribution in [0.5, 0.6) is 5.75 Å². The maximum Gasteiger partial charge on any atom is 0.190 e. The van der Waals surface area contributed by atoms with Crippen LogP contribution in [0.4, 0.5) is 8.78 Å². The molecule has 1 aromatic carbocycles. The van der Waals surface area contributed by atoms with Crippen molar-refractivity contribution < 1.29 is 18.6 Å². The number of aliphatic hydroxyl groups excluding tert-OH is 1. The molecule has 0 radical (unpaired) electrons. The minimum absolute atomic E-state index is 0.200. The highest BCUT2D eigenvalue weighted by Crippen LogP contribution is 2.24. The van der Waals surface area contributed by atoms with Crippen molar-refractivity contribution >= 4 is 0 Å². The predicted molar refractivity (Wildman–Crippen MR) is 57.2 cm³/mol. The smallest absolute Gasteiger partial charge is 0.190 e. The topological polar surface area (TPSA) is 29.5 Å². The van der Waals surface area contributed by atoms with Gasteiger partial charge in [-0.25, -0.2) is 8.78 Å². The molecule has 0 saturated carbocycles. The summed E-state index contributed by atoms with van der Waals surface area (Å²) in [5, 5.41) is 8.76. The van der Waals surface area contributed by atoms with E-state index in [9.17, 15) is 8.78 Å². The molecule has 0 amide bonds. The molecule has 1 atom stereocenters. The Morgan fingerprint density at radius 3 is 2.31 bits per heavy atom. The Hall–Kier alpha value is -1.16. The average molecular weight is 230 g/mol. The zero-order chi connectivity index (χ0) is 12.1. The van der Waals surface area contributed by atoms with Crippen LogP contribution in [0.15, 0.2) is 12.1 Å². The second-order valence-corrected chi connectivity index (χ2v) is 3.87. The largest absolute Gasteiger partial charge is 0.487 e. The summed E-state index contributed by atoms with van der Waals surface area (Å²) < 4.78 is 31.8. The van der Waals surface area contributed by atoms with Gasteiger partial charge in [-0.05, 0) is 23.6 Å². The van der Waals surface area contributed by atoms with Crippen LogP contribution in [0.2, 0.25) is 0 Å². The van der Waals surface area contributed by atoms with Crippen molar-refractivity contribution in [3.05, 3.63) is 29.3 Å². The third kappa shape index (κ3) is 3.17. The van der Waals surface area contributed by atoms with Gasteiger partial charge in [0.1, 0.15) is 0 Å². The van der Waals surface area contributed by atoms with Gasteiger partial charge >= 0.3 is 0 Å². The van der Waals surface area contributed by atoms with E-state index in [2.05, 4.69) is 0 Å². The summed E-state index contributed by atoms with van der Waals surface area (Å²) in [6.45, 7) is 3.82. The molecule has 16 heavy (non-hydrogen) atoms. The number of hydrogen-bond acceptors (Lipinski definition) is 2. The van der Waals surface area contributed by atoms with E-state index in [0.29, 0.717) is 0 Å². The lowest BCUT2D eigenvalue weighted by atomic mass is 10.1. The number of rotatable bonds is 5. The quantitative estimate of drug-likeness (QED) is 0.842.